The van der Waals surface area contributed by atoms with Crippen LogP contribution in [-0.4, -0.2) is 5.75 Å². The van der Waals surface area contributed by atoms with Gasteiger partial charge in [-0.05, 0) is 23.9 Å². The molecule has 0 spiro atoms. The highest BCUT2D eigenvalue weighted by atomic mass is 32.2. The van der Waals surface area contributed by atoms with Crippen molar-refractivity contribution in [2.45, 2.75) is 11.1 Å². The minimum atomic E-state index is 0.994. The lowest BCUT2D eigenvalue weighted by Crippen LogP contribution is -1.72. The van der Waals surface area contributed by atoms with Crippen LogP contribution < -0.4 is 0 Å². The molecule has 0 radical (unpaired) electrons. The molecule has 0 unspecified atom stereocenters. The molecule has 14 heavy (non-hydrogen) atoms. The monoisotopic (exact) mass is 220 g/mol. The standard InChI is InChI=1S/C12H12S2/c1-3-8-13-12-9(2)10-6-4-5-7-11(10)14-12/h3-7H,1,8H2,2H3. The van der Waals surface area contributed by atoms with Gasteiger partial charge in [-0.25, -0.2) is 0 Å². The fourth-order valence-electron chi connectivity index (χ4n) is 1.42. The Labute approximate surface area is 92.6 Å². The molecular weight excluding hydrogens is 208 g/mol. The van der Waals surface area contributed by atoms with E-state index in [1.807, 2.05) is 29.2 Å². The Morgan fingerprint density at radius 3 is 2.93 bits per heavy atom. The number of aryl methyl sites for hydroxylation is 1. The zero-order chi connectivity index (χ0) is 9.97. The SMILES string of the molecule is C=CCSc1sc2ccccc2c1C. The van der Waals surface area contributed by atoms with Crippen molar-refractivity contribution < 1.29 is 0 Å². The first-order chi connectivity index (χ1) is 6.83. The largest absolute Gasteiger partial charge is 0.129 e. The van der Waals surface area contributed by atoms with E-state index in [1.54, 1.807) is 0 Å². The third-order valence-electron chi connectivity index (χ3n) is 2.13. The van der Waals surface area contributed by atoms with Gasteiger partial charge in [-0.1, -0.05) is 24.3 Å². The molecule has 0 bridgehead atoms. The topological polar surface area (TPSA) is 0 Å². The molecule has 0 aliphatic rings. The van der Waals surface area contributed by atoms with Gasteiger partial charge in [-0.3, -0.25) is 0 Å². The zero-order valence-electron chi connectivity index (χ0n) is 8.12. The number of hydrogen-bond acceptors (Lipinski definition) is 2. The number of thiophene rings is 1. The van der Waals surface area contributed by atoms with Gasteiger partial charge in [0.1, 0.15) is 0 Å². The van der Waals surface area contributed by atoms with Gasteiger partial charge in [0.15, 0.2) is 0 Å². The maximum absolute atomic E-state index is 3.74. The number of thioether (sulfide) groups is 1. The van der Waals surface area contributed by atoms with Gasteiger partial charge in [0.2, 0.25) is 0 Å². The number of rotatable bonds is 3. The molecule has 0 aliphatic heterocycles. The Morgan fingerprint density at radius 1 is 1.43 bits per heavy atom. The van der Waals surface area contributed by atoms with Crippen LogP contribution in [0.1, 0.15) is 5.56 Å². The normalized spacial score (nSPS) is 10.6. The molecule has 0 aliphatic carbocycles. The van der Waals surface area contributed by atoms with Crippen molar-refractivity contribution in [3.63, 3.8) is 0 Å². The van der Waals surface area contributed by atoms with E-state index < -0.39 is 0 Å². The first kappa shape index (κ1) is 9.81. The maximum atomic E-state index is 3.74. The summed E-state index contributed by atoms with van der Waals surface area (Å²) in [5.41, 5.74) is 1.41. The molecule has 0 atom stereocenters. The predicted molar refractivity (Wildman–Crippen MR) is 67.5 cm³/mol. The molecule has 0 fully saturated rings. The van der Waals surface area contributed by atoms with Gasteiger partial charge in [0, 0.05) is 10.5 Å². The molecule has 72 valence electrons. The maximum Gasteiger partial charge on any atom is 0.0643 e. The van der Waals surface area contributed by atoms with Crippen molar-refractivity contribution in [2.24, 2.45) is 0 Å². The minimum absolute atomic E-state index is 0.994. The van der Waals surface area contributed by atoms with Crippen molar-refractivity contribution in [1.82, 2.24) is 0 Å². The second-order valence-electron chi connectivity index (χ2n) is 3.11. The Balaban J connectivity index is 2.46. The molecule has 0 N–H and O–H groups in total. The van der Waals surface area contributed by atoms with Crippen LogP contribution in [0.5, 0.6) is 0 Å². The van der Waals surface area contributed by atoms with E-state index in [1.165, 1.54) is 19.9 Å². The van der Waals surface area contributed by atoms with Crippen LogP contribution in [0.4, 0.5) is 0 Å². The van der Waals surface area contributed by atoms with Crippen LogP contribution in [0.25, 0.3) is 10.1 Å². The Hall–Kier alpha value is -0.730. The lowest BCUT2D eigenvalue weighted by atomic mass is 10.2. The summed E-state index contributed by atoms with van der Waals surface area (Å²) in [4.78, 5) is 0. The summed E-state index contributed by atoms with van der Waals surface area (Å²) in [6.45, 7) is 5.94. The van der Waals surface area contributed by atoms with Crippen LogP contribution in [0.2, 0.25) is 0 Å². The van der Waals surface area contributed by atoms with E-state index in [4.69, 9.17) is 0 Å². The molecule has 1 aromatic heterocycles. The third kappa shape index (κ3) is 1.72. The quantitative estimate of drug-likeness (QED) is 0.542. The highest BCUT2D eigenvalue weighted by Gasteiger charge is 2.06. The van der Waals surface area contributed by atoms with Gasteiger partial charge < -0.3 is 0 Å². The van der Waals surface area contributed by atoms with Crippen LogP contribution in [0.3, 0.4) is 0 Å². The molecule has 2 heteroatoms. The molecule has 1 heterocycles. The van der Waals surface area contributed by atoms with Crippen LogP contribution in [-0.2, 0) is 0 Å². The van der Waals surface area contributed by atoms with E-state index >= 15 is 0 Å². The van der Waals surface area contributed by atoms with Gasteiger partial charge in [0.25, 0.3) is 0 Å². The van der Waals surface area contributed by atoms with Crippen molar-refractivity contribution >= 4 is 33.2 Å². The molecule has 0 nitrogen and oxygen atoms in total. The van der Waals surface area contributed by atoms with Crippen molar-refractivity contribution in [3.05, 3.63) is 42.5 Å². The van der Waals surface area contributed by atoms with Crippen molar-refractivity contribution in [3.8, 4) is 0 Å². The highest BCUT2D eigenvalue weighted by molar-refractivity contribution is 8.01. The summed E-state index contributed by atoms with van der Waals surface area (Å²) in [5.74, 6) is 0.994. The average Bonchev–Trinajstić information content (AvgIpc) is 2.54. The van der Waals surface area contributed by atoms with Crippen molar-refractivity contribution in [2.75, 3.05) is 5.75 Å². The van der Waals surface area contributed by atoms with E-state index in [-0.39, 0.29) is 0 Å². The van der Waals surface area contributed by atoms with Gasteiger partial charge in [-0.2, -0.15) is 0 Å². The number of hydrogen-bond donors (Lipinski definition) is 0. The fraction of sp³-hybridized carbons (Fsp3) is 0.167. The summed E-state index contributed by atoms with van der Waals surface area (Å²) in [6, 6.07) is 8.58. The Kier molecular flexibility index (Phi) is 2.94. The summed E-state index contributed by atoms with van der Waals surface area (Å²) in [7, 11) is 0. The second-order valence-corrected chi connectivity index (χ2v) is 5.45. The van der Waals surface area contributed by atoms with E-state index in [2.05, 4.69) is 37.8 Å². The number of fused-ring (bicyclic) bond motifs is 1. The number of benzene rings is 1. The van der Waals surface area contributed by atoms with Gasteiger partial charge in [0.05, 0.1) is 4.21 Å². The minimum Gasteiger partial charge on any atom is -0.129 e. The molecule has 0 saturated heterocycles. The van der Waals surface area contributed by atoms with Gasteiger partial charge in [-0.15, -0.1) is 29.7 Å². The molecule has 0 saturated carbocycles. The molecule has 2 aromatic rings. The summed E-state index contributed by atoms with van der Waals surface area (Å²) in [6.07, 6.45) is 1.95. The molecule has 2 rings (SSSR count). The Morgan fingerprint density at radius 2 is 2.21 bits per heavy atom. The average molecular weight is 220 g/mol. The first-order valence-electron chi connectivity index (χ1n) is 4.54. The fourth-order valence-corrected chi connectivity index (χ4v) is 3.67. The van der Waals surface area contributed by atoms with Crippen LogP contribution in [0.15, 0.2) is 41.1 Å². The molecule has 1 aromatic carbocycles. The highest BCUT2D eigenvalue weighted by Crippen LogP contribution is 2.37. The third-order valence-corrected chi connectivity index (χ3v) is 4.77. The van der Waals surface area contributed by atoms with E-state index in [0.717, 1.165) is 5.75 Å². The lowest BCUT2D eigenvalue weighted by Gasteiger charge is -1.94. The van der Waals surface area contributed by atoms with Crippen LogP contribution in [0, 0.1) is 6.92 Å². The smallest absolute Gasteiger partial charge is 0.0643 e. The zero-order valence-corrected chi connectivity index (χ0v) is 9.75. The van der Waals surface area contributed by atoms with E-state index in [9.17, 15) is 0 Å². The summed E-state index contributed by atoms with van der Waals surface area (Å²) < 4.78 is 2.81. The second kappa shape index (κ2) is 4.20. The van der Waals surface area contributed by atoms with Crippen molar-refractivity contribution in [1.29, 1.82) is 0 Å². The molecular formula is C12H12S2. The van der Waals surface area contributed by atoms with Gasteiger partial charge >= 0.3 is 0 Å². The van der Waals surface area contributed by atoms with E-state index in [0.29, 0.717) is 0 Å². The summed E-state index contributed by atoms with van der Waals surface area (Å²) in [5, 5.41) is 1.39. The van der Waals surface area contributed by atoms with Crippen LogP contribution >= 0.6 is 23.1 Å². The predicted octanol–water partition coefficient (Wildman–Crippen LogP) is 4.49. The lowest BCUT2D eigenvalue weighted by molar-refractivity contribution is 1.46. The first-order valence-corrected chi connectivity index (χ1v) is 6.35. The Bertz CT molecular complexity index is 454. The molecule has 0 amide bonds. The summed E-state index contributed by atoms with van der Waals surface area (Å²) >= 11 is 3.75.